The summed E-state index contributed by atoms with van der Waals surface area (Å²) in [4.78, 5) is 2.21. The number of hydrogen-bond donors (Lipinski definition) is 1. The first-order valence-electron chi connectivity index (χ1n) is 7.46. The van der Waals surface area contributed by atoms with Gasteiger partial charge in [-0.2, -0.15) is 0 Å². The minimum absolute atomic E-state index is 0.000165. The van der Waals surface area contributed by atoms with Gasteiger partial charge in [0.15, 0.2) is 0 Å². The number of nitrogens with one attached hydrogen (secondary N) is 1. The van der Waals surface area contributed by atoms with Gasteiger partial charge in [-0.25, -0.2) is 8.78 Å². The molecule has 4 heteroatoms. The quantitative estimate of drug-likeness (QED) is 0.896. The number of alkyl halides is 2. The molecule has 110 valence electrons. The van der Waals surface area contributed by atoms with Crippen molar-refractivity contribution in [1.82, 2.24) is 10.2 Å². The van der Waals surface area contributed by atoms with Gasteiger partial charge in [-0.15, -0.1) is 0 Å². The molecule has 2 saturated heterocycles. The van der Waals surface area contributed by atoms with Crippen LogP contribution < -0.4 is 5.32 Å². The van der Waals surface area contributed by atoms with E-state index in [1.807, 2.05) is 18.2 Å². The van der Waals surface area contributed by atoms with Crippen molar-refractivity contribution < 1.29 is 8.78 Å². The van der Waals surface area contributed by atoms with Gasteiger partial charge in [0, 0.05) is 31.5 Å². The van der Waals surface area contributed by atoms with Gasteiger partial charge in [0.2, 0.25) is 0 Å². The van der Waals surface area contributed by atoms with Crippen molar-refractivity contribution in [3.05, 3.63) is 35.9 Å². The highest BCUT2D eigenvalue weighted by atomic mass is 19.3. The van der Waals surface area contributed by atoms with E-state index in [9.17, 15) is 8.78 Å². The Kier molecular flexibility index (Phi) is 3.78. The highest BCUT2D eigenvalue weighted by Gasteiger charge is 2.56. The Hall–Kier alpha value is -1.00. The number of piperidine rings is 2. The molecular formula is C16H22F2N2. The van der Waals surface area contributed by atoms with E-state index in [1.165, 1.54) is 5.56 Å². The van der Waals surface area contributed by atoms with Crippen LogP contribution in [0.3, 0.4) is 0 Å². The van der Waals surface area contributed by atoms with E-state index in [0.29, 0.717) is 25.9 Å². The molecule has 0 unspecified atom stereocenters. The molecule has 0 aromatic heterocycles. The zero-order chi connectivity index (χ0) is 14.1. The van der Waals surface area contributed by atoms with E-state index >= 15 is 0 Å². The molecule has 2 aliphatic heterocycles. The fourth-order valence-electron chi connectivity index (χ4n) is 3.59. The molecule has 1 aromatic carbocycles. The Bertz CT molecular complexity index is 441. The van der Waals surface area contributed by atoms with Gasteiger partial charge in [0.25, 0.3) is 5.92 Å². The number of nitrogens with zero attached hydrogens (tertiary/aromatic N) is 1. The van der Waals surface area contributed by atoms with Gasteiger partial charge < -0.3 is 5.32 Å². The lowest BCUT2D eigenvalue weighted by Gasteiger charge is -2.50. The maximum absolute atomic E-state index is 14.4. The van der Waals surface area contributed by atoms with Crippen LogP contribution in [-0.2, 0) is 6.54 Å². The van der Waals surface area contributed by atoms with Gasteiger partial charge in [-0.1, -0.05) is 30.3 Å². The molecule has 2 aliphatic rings. The summed E-state index contributed by atoms with van der Waals surface area (Å²) in [7, 11) is 0. The minimum Gasteiger partial charge on any atom is -0.317 e. The topological polar surface area (TPSA) is 15.3 Å². The van der Waals surface area contributed by atoms with E-state index in [4.69, 9.17) is 0 Å². The molecule has 0 saturated carbocycles. The fraction of sp³-hybridized carbons (Fsp3) is 0.625. The molecule has 1 spiro atoms. The van der Waals surface area contributed by atoms with E-state index in [2.05, 4.69) is 22.3 Å². The van der Waals surface area contributed by atoms with Crippen molar-refractivity contribution >= 4 is 0 Å². The highest BCUT2D eigenvalue weighted by molar-refractivity contribution is 5.15. The lowest BCUT2D eigenvalue weighted by atomic mass is 9.70. The molecule has 20 heavy (non-hydrogen) atoms. The number of halogens is 2. The molecule has 1 N–H and O–H groups in total. The van der Waals surface area contributed by atoms with E-state index in [0.717, 1.165) is 19.6 Å². The Morgan fingerprint density at radius 2 is 1.75 bits per heavy atom. The first kappa shape index (κ1) is 14.0. The largest absolute Gasteiger partial charge is 0.317 e. The predicted octanol–water partition coefficient (Wildman–Crippen LogP) is 2.90. The maximum atomic E-state index is 14.4. The Morgan fingerprint density at radius 3 is 2.45 bits per heavy atom. The van der Waals surface area contributed by atoms with Gasteiger partial charge in [0.1, 0.15) is 0 Å². The van der Waals surface area contributed by atoms with Crippen LogP contribution in [0.1, 0.15) is 24.8 Å². The monoisotopic (exact) mass is 280 g/mol. The average molecular weight is 280 g/mol. The van der Waals surface area contributed by atoms with Crippen molar-refractivity contribution in [2.45, 2.75) is 31.7 Å². The smallest absolute Gasteiger partial charge is 0.256 e. The normalized spacial score (nSPS) is 25.7. The van der Waals surface area contributed by atoms with E-state index in [-0.39, 0.29) is 6.42 Å². The summed E-state index contributed by atoms with van der Waals surface area (Å²) in [5, 5.41) is 3.21. The molecular weight excluding hydrogens is 258 g/mol. The Morgan fingerprint density at radius 1 is 1.05 bits per heavy atom. The van der Waals surface area contributed by atoms with E-state index in [1.54, 1.807) is 0 Å². The lowest BCUT2D eigenvalue weighted by Crippen LogP contribution is -2.58. The molecule has 0 amide bonds. The number of likely N-dealkylation sites (tertiary alicyclic amines) is 1. The molecule has 1 aromatic rings. The standard InChI is InChI=1S/C16H22F2N2/c17-16(18)8-11-20(12-14-4-2-1-3-5-14)13-15(16)6-9-19-10-7-15/h1-5,19H,6-13H2. The van der Waals surface area contributed by atoms with Crippen LogP contribution in [-0.4, -0.2) is 37.0 Å². The summed E-state index contributed by atoms with van der Waals surface area (Å²) >= 11 is 0. The van der Waals surface area contributed by atoms with Crippen LogP contribution in [0.2, 0.25) is 0 Å². The van der Waals surface area contributed by atoms with Crippen LogP contribution >= 0.6 is 0 Å². The third kappa shape index (κ3) is 2.59. The van der Waals surface area contributed by atoms with Crippen LogP contribution in [0.4, 0.5) is 8.78 Å². The lowest BCUT2D eigenvalue weighted by molar-refractivity contribution is -0.179. The summed E-state index contributed by atoms with van der Waals surface area (Å²) in [5.74, 6) is -2.51. The second kappa shape index (κ2) is 5.41. The van der Waals surface area contributed by atoms with E-state index < -0.39 is 11.3 Å². The van der Waals surface area contributed by atoms with Gasteiger partial charge in [-0.3, -0.25) is 4.90 Å². The van der Waals surface area contributed by atoms with Gasteiger partial charge >= 0.3 is 0 Å². The number of hydrogen-bond acceptors (Lipinski definition) is 2. The molecule has 3 rings (SSSR count). The SMILES string of the molecule is FC1(F)CCN(Cc2ccccc2)CC12CCNCC2. The zero-order valence-electron chi connectivity index (χ0n) is 11.7. The third-order valence-electron chi connectivity index (χ3n) is 4.85. The summed E-state index contributed by atoms with van der Waals surface area (Å²) < 4.78 is 28.8. The van der Waals surface area contributed by atoms with Crippen molar-refractivity contribution in [2.75, 3.05) is 26.2 Å². The second-order valence-corrected chi connectivity index (χ2v) is 6.18. The molecule has 0 atom stereocenters. The molecule has 0 radical (unpaired) electrons. The minimum atomic E-state index is -2.51. The molecule has 2 fully saturated rings. The molecule has 0 aliphatic carbocycles. The predicted molar refractivity (Wildman–Crippen MR) is 75.8 cm³/mol. The summed E-state index contributed by atoms with van der Waals surface area (Å²) in [6.07, 6.45) is 1.18. The molecule has 0 bridgehead atoms. The maximum Gasteiger partial charge on any atom is 0.256 e. The summed E-state index contributed by atoms with van der Waals surface area (Å²) in [6, 6.07) is 10.1. The van der Waals surface area contributed by atoms with Gasteiger partial charge in [0.05, 0.1) is 0 Å². The second-order valence-electron chi connectivity index (χ2n) is 6.18. The first-order valence-corrected chi connectivity index (χ1v) is 7.46. The van der Waals surface area contributed by atoms with Crippen LogP contribution in [0.15, 0.2) is 30.3 Å². The van der Waals surface area contributed by atoms with Gasteiger partial charge in [-0.05, 0) is 31.5 Å². The van der Waals surface area contributed by atoms with Crippen LogP contribution in [0.5, 0.6) is 0 Å². The van der Waals surface area contributed by atoms with Crippen LogP contribution in [0, 0.1) is 5.41 Å². The van der Waals surface area contributed by atoms with Crippen molar-refractivity contribution in [1.29, 1.82) is 0 Å². The average Bonchev–Trinajstić information content (AvgIpc) is 2.46. The van der Waals surface area contributed by atoms with Crippen molar-refractivity contribution in [3.63, 3.8) is 0 Å². The Balaban J connectivity index is 1.73. The number of benzene rings is 1. The van der Waals surface area contributed by atoms with Crippen molar-refractivity contribution in [3.8, 4) is 0 Å². The molecule has 2 heterocycles. The molecule has 2 nitrogen and oxygen atoms in total. The summed E-state index contributed by atoms with van der Waals surface area (Å²) in [6.45, 7) is 3.24. The zero-order valence-corrected chi connectivity index (χ0v) is 11.7. The fourth-order valence-corrected chi connectivity index (χ4v) is 3.59. The van der Waals surface area contributed by atoms with Crippen molar-refractivity contribution in [2.24, 2.45) is 5.41 Å². The first-order chi connectivity index (χ1) is 9.61. The Labute approximate surface area is 119 Å². The number of rotatable bonds is 2. The summed E-state index contributed by atoms with van der Waals surface area (Å²) in [5.41, 5.74) is 0.396. The van der Waals surface area contributed by atoms with Crippen LogP contribution in [0.25, 0.3) is 0 Å². The third-order valence-corrected chi connectivity index (χ3v) is 4.85. The highest BCUT2D eigenvalue weighted by Crippen LogP contribution is 2.49.